The van der Waals surface area contributed by atoms with E-state index in [1.807, 2.05) is 78.9 Å². The largest absolute Gasteiger partial charge is 0.457 e. The average molecular weight is 376 g/mol. The minimum absolute atomic E-state index is 0. The van der Waals surface area contributed by atoms with E-state index in [9.17, 15) is 0 Å². The van der Waals surface area contributed by atoms with Crippen molar-refractivity contribution in [3.8, 4) is 29.8 Å². The second kappa shape index (κ2) is 9.12. The van der Waals surface area contributed by atoms with Gasteiger partial charge in [0.15, 0.2) is 0 Å². The molecule has 3 rings (SSSR count). The Morgan fingerprint density at radius 2 is 1.57 bits per heavy atom. The highest BCUT2D eigenvalue weighted by molar-refractivity contribution is 5.34. The standard InChI is InChI=1S/C25H24O3.2H2/c1-4-27-22-15-13-21(14-16-22)25(2,3)19-26-18-20-9-8-12-24(17-20)28-23-10-6-5-7-11-23;;/h1,5-17H,18-19H2,2-3H3;2*1H. The molecule has 3 heteroatoms. The molecule has 0 aliphatic rings. The molecule has 0 saturated heterocycles. The van der Waals surface area contributed by atoms with Crippen LogP contribution in [0, 0.1) is 12.5 Å². The summed E-state index contributed by atoms with van der Waals surface area (Å²) in [6, 6.07) is 25.5. The first-order valence-corrected chi connectivity index (χ1v) is 9.19. The van der Waals surface area contributed by atoms with Gasteiger partial charge in [0.25, 0.3) is 0 Å². The van der Waals surface area contributed by atoms with Gasteiger partial charge in [-0.15, -0.1) is 0 Å². The molecule has 0 aliphatic heterocycles. The zero-order valence-corrected chi connectivity index (χ0v) is 16.2. The quantitative estimate of drug-likeness (QED) is 0.424. The van der Waals surface area contributed by atoms with Gasteiger partial charge in [0.05, 0.1) is 13.2 Å². The van der Waals surface area contributed by atoms with Crippen molar-refractivity contribution in [3.63, 3.8) is 0 Å². The first kappa shape index (κ1) is 19.5. The lowest BCUT2D eigenvalue weighted by Crippen LogP contribution is -2.24. The minimum atomic E-state index is -0.132. The molecule has 28 heavy (non-hydrogen) atoms. The Labute approximate surface area is 169 Å². The molecule has 0 aliphatic carbocycles. The van der Waals surface area contributed by atoms with E-state index < -0.39 is 0 Å². The van der Waals surface area contributed by atoms with Gasteiger partial charge in [0.2, 0.25) is 0 Å². The molecule has 0 aromatic heterocycles. The van der Waals surface area contributed by atoms with E-state index in [0.29, 0.717) is 19.0 Å². The molecule has 0 bridgehead atoms. The number of benzene rings is 3. The molecule has 3 aromatic rings. The fourth-order valence-electron chi connectivity index (χ4n) is 2.87. The maximum absolute atomic E-state index is 6.00. The van der Waals surface area contributed by atoms with Crippen LogP contribution in [0.5, 0.6) is 17.2 Å². The van der Waals surface area contributed by atoms with E-state index in [1.165, 1.54) is 0 Å². The normalized spacial score (nSPS) is 10.9. The summed E-state index contributed by atoms with van der Waals surface area (Å²) in [5.74, 6) is 2.29. The highest BCUT2D eigenvalue weighted by Crippen LogP contribution is 2.27. The molecule has 146 valence electrons. The third-order valence-electron chi connectivity index (χ3n) is 4.42. The highest BCUT2D eigenvalue weighted by atomic mass is 16.5. The minimum Gasteiger partial charge on any atom is -0.457 e. The summed E-state index contributed by atoms with van der Waals surface area (Å²) in [5.41, 5.74) is 2.10. The van der Waals surface area contributed by atoms with Gasteiger partial charge in [-0.25, -0.2) is 0 Å². The number of hydrogen-bond acceptors (Lipinski definition) is 3. The zero-order chi connectivity index (χ0) is 19.8. The average Bonchev–Trinajstić information content (AvgIpc) is 2.70. The molecule has 0 saturated carbocycles. The summed E-state index contributed by atoms with van der Waals surface area (Å²) < 4.78 is 16.9. The highest BCUT2D eigenvalue weighted by Gasteiger charge is 2.21. The van der Waals surface area contributed by atoms with Crippen LogP contribution in [0.4, 0.5) is 0 Å². The van der Waals surface area contributed by atoms with Crippen molar-refractivity contribution in [3.05, 3.63) is 90.0 Å². The molecule has 3 aromatic carbocycles. The predicted molar refractivity (Wildman–Crippen MR) is 116 cm³/mol. The summed E-state index contributed by atoms with van der Waals surface area (Å²) in [5, 5.41) is 0. The maximum Gasteiger partial charge on any atom is 0.140 e. The maximum atomic E-state index is 6.00. The van der Waals surface area contributed by atoms with Gasteiger partial charge in [-0.3, -0.25) is 0 Å². The van der Waals surface area contributed by atoms with Crippen LogP contribution in [0.3, 0.4) is 0 Å². The second-order valence-electron chi connectivity index (χ2n) is 7.18. The van der Waals surface area contributed by atoms with Gasteiger partial charge < -0.3 is 14.2 Å². The van der Waals surface area contributed by atoms with Crippen LogP contribution in [-0.4, -0.2) is 6.61 Å². The van der Waals surface area contributed by atoms with Gasteiger partial charge in [-0.05, 0) is 47.5 Å². The SMILES string of the molecule is C#COc1ccc(C(C)(C)COCc2cccc(Oc3ccccc3)c2)cc1.[HH].[HH]. The van der Waals surface area contributed by atoms with Crippen LogP contribution in [0.1, 0.15) is 27.8 Å². The summed E-state index contributed by atoms with van der Waals surface area (Å²) in [6.07, 6.45) is 7.34. The first-order valence-electron chi connectivity index (χ1n) is 9.19. The molecule has 0 spiro atoms. The smallest absolute Gasteiger partial charge is 0.140 e. The van der Waals surface area contributed by atoms with E-state index in [2.05, 4.69) is 20.0 Å². The van der Waals surface area contributed by atoms with Crippen LogP contribution >= 0.6 is 0 Å². The molecule has 0 heterocycles. The summed E-state index contributed by atoms with van der Waals surface area (Å²) >= 11 is 0. The van der Waals surface area contributed by atoms with E-state index in [1.54, 1.807) is 0 Å². The Morgan fingerprint density at radius 1 is 0.857 bits per heavy atom. The van der Waals surface area contributed by atoms with Crippen LogP contribution in [0.15, 0.2) is 78.9 Å². The number of para-hydroxylation sites is 1. The Morgan fingerprint density at radius 3 is 2.29 bits per heavy atom. The third kappa shape index (κ3) is 5.39. The first-order chi connectivity index (χ1) is 13.6. The lowest BCUT2D eigenvalue weighted by atomic mass is 9.85. The van der Waals surface area contributed by atoms with Crippen molar-refractivity contribution in [2.45, 2.75) is 25.9 Å². The summed E-state index contributed by atoms with van der Waals surface area (Å²) in [4.78, 5) is 0. The lowest BCUT2D eigenvalue weighted by molar-refractivity contribution is 0.0824. The number of hydrogen-bond donors (Lipinski definition) is 0. The molecule has 0 N–H and O–H groups in total. The molecule has 3 nitrogen and oxygen atoms in total. The molecule has 0 unspecified atom stereocenters. The Hall–Kier alpha value is -3.22. The van der Waals surface area contributed by atoms with Gasteiger partial charge in [-0.1, -0.05) is 62.7 Å². The lowest BCUT2D eigenvalue weighted by Gasteiger charge is -2.25. The third-order valence-corrected chi connectivity index (χ3v) is 4.42. The summed E-state index contributed by atoms with van der Waals surface area (Å²) in [7, 11) is 0. The van der Waals surface area contributed by atoms with E-state index in [0.717, 1.165) is 22.6 Å². The summed E-state index contributed by atoms with van der Waals surface area (Å²) in [6.45, 7) is 5.41. The van der Waals surface area contributed by atoms with Crippen molar-refractivity contribution >= 4 is 0 Å². The molecule has 0 radical (unpaired) electrons. The van der Waals surface area contributed by atoms with Crippen molar-refractivity contribution in [2.24, 2.45) is 0 Å². The Kier molecular flexibility index (Phi) is 6.37. The Bertz CT molecular complexity index is 933. The molecule has 0 fully saturated rings. The van der Waals surface area contributed by atoms with Crippen LogP contribution < -0.4 is 9.47 Å². The monoisotopic (exact) mass is 376 g/mol. The van der Waals surface area contributed by atoms with Crippen LogP contribution in [0.25, 0.3) is 0 Å². The Balaban J connectivity index is 0.00000225. The number of rotatable bonds is 8. The molecular formula is C25H28O3. The predicted octanol–water partition coefficient (Wildman–Crippen LogP) is 6.43. The van der Waals surface area contributed by atoms with Crippen molar-refractivity contribution in [2.75, 3.05) is 6.61 Å². The second-order valence-corrected chi connectivity index (χ2v) is 7.18. The van der Waals surface area contributed by atoms with Gasteiger partial charge in [-0.2, -0.15) is 0 Å². The fraction of sp³-hybridized carbons (Fsp3) is 0.200. The van der Waals surface area contributed by atoms with Gasteiger partial charge >= 0.3 is 0 Å². The van der Waals surface area contributed by atoms with Crippen molar-refractivity contribution in [1.29, 1.82) is 0 Å². The number of ether oxygens (including phenoxy) is 3. The molecule has 0 atom stereocenters. The van der Waals surface area contributed by atoms with Gasteiger partial charge in [0.1, 0.15) is 23.4 Å². The topological polar surface area (TPSA) is 27.7 Å². The van der Waals surface area contributed by atoms with Crippen LogP contribution in [0.2, 0.25) is 0 Å². The molecule has 0 amide bonds. The van der Waals surface area contributed by atoms with Crippen molar-refractivity contribution < 1.29 is 17.1 Å². The van der Waals surface area contributed by atoms with E-state index in [4.69, 9.17) is 20.6 Å². The number of terminal acetylenes is 1. The van der Waals surface area contributed by atoms with E-state index >= 15 is 0 Å². The zero-order valence-electron chi connectivity index (χ0n) is 16.2. The van der Waals surface area contributed by atoms with Crippen molar-refractivity contribution in [1.82, 2.24) is 0 Å². The molecular weight excluding hydrogens is 348 g/mol. The fourth-order valence-corrected chi connectivity index (χ4v) is 2.87. The van der Waals surface area contributed by atoms with Gasteiger partial charge in [0, 0.05) is 8.27 Å². The van der Waals surface area contributed by atoms with Crippen LogP contribution in [-0.2, 0) is 16.8 Å². The van der Waals surface area contributed by atoms with E-state index in [-0.39, 0.29) is 8.27 Å².